The molecule has 1 aliphatic rings. The van der Waals surface area contributed by atoms with Gasteiger partial charge in [-0.15, -0.1) is 0 Å². The zero-order valence-electron chi connectivity index (χ0n) is 11.2. The Bertz CT molecular complexity index is 367. The molecule has 2 rings (SSSR count). The van der Waals surface area contributed by atoms with E-state index >= 15 is 0 Å². The van der Waals surface area contributed by atoms with Crippen LogP contribution in [0.4, 0.5) is 0 Å². The van der Waals surface area contributed by atoms with Gasteiger partial charge < -0.3 is 14.6 Å². The first-order valence-corrected chi connectivity index (χ1v) is 6.64. The molecule has 1 N–H and O–H groups in total. The summed E-state index contributed by atoms with van der Waals surface area (Å²) in [5.41, 5.74) is 1.21. The van der Waals surface area contributed by atoms with Crippen molar-refractivity contribution in [1.29, 1.82) is 0 Å². The number of hydrogen-bond acceptors (Lipinski definition) is 3. The van der Waals surface area contributed by atoms with Gasteiger partial charge in [0.05, 0.1) is 20.3 Å². The van der Waals surface area contributed by atoms with Crippen LogP contribution in [-0.2, 0) is 0 Å². The third-order valence-electron chi connectivity index (χ3n) is 3.74. The number of rotatable bonds is 3. The second-order valence-corrected chi connectivity index (χ2v) is 5.02. The van der Waals surface area contributed by atoms with E-state index in [0.29, 0.717) is 5.92 Å². The third kappa shape index (κ3) is 3.16. The van der Waals surface area contributed by atoms with E-state index < -0.39 is 0 Å². The SMILES string of the molecule is COc1cc(OC)cc(C2CCCCC(O)C2)c1. The second kappa shape index (κ2) is 6.10. The fourth-order valence-corrected chi connectivity index (χ4v) is 2.70. The molecule has 0 amide bonds. The van der Waals surface area contributed by atoms with E-state index in [0.717, 1.165) is 37.2 Å². The molecule has 0 heterocycles. The number of hydrogen-bond donors (Lipinski definition) is 1. The minimum absolute atomic E-state index is 0.172. The van der Waals surface area contributed by atoms with Gasteiger partial charge >= 0.3 is 0 Å². The predicted octanol–water partition coefficient (Wildman–Crippen LogP) is 3.11. The molecule has 0 bridgehead atoms. The molecule has 1 aromatic carbocycles. The lowest BCUT2D eigenvalue weighted by atomic mass is 9.91. The van der Waals surface area contributed by atoms with Gasteiger partial charge in [-0.2, -0.15) is 0 Å². The van der Waals surface area contributed by atoms with Gasteiger partial charge in [0.15, 0.2) is 0 Å². The Balaban J connectivity index is 2.24. The Hall–Kier alpha value is -1.22. The summed E-state index contributed by atoms with van der Waals surface area (Å²) in [4.78, 5) is 0. The Kier molecular flexibility index (Phi) is 4.48. The van der Waals surface area contributed by atoms with E-state index in [2.05, 4.69) is 12.1 Å². The molecule has 1 aliphatic carbocycles. The highest BCUT2D eigenvalue weighted by Gasteiger charge is 2.21. The van der Waals surface area contributed by atoms with Crippen molar-refractivity contribution in [3.05, 3.63) is 23.8 Å². The van der Waals surface area contributed by atoms with Crippen LogP contribution in [0.3, 0.4) is 0 Å². The van der Waals surface area contributed by atoms with Crippen molar-refractivity contribution < 1.29 is 14.6 Å². The highest BCUT2D eigenvalue weighted by molar-refractivity contribution is 5.40. The highest BCUT2D eigenvalue weighted by atomic mass is 16.5. The number of benzene rings is 1. The summed E-state index contributed by atoms with van der Waals surface area (Å²) in [6.45, 7) is 0. The van der Waals surface area contributed by atoms with Gasteiger partial charge in [0.2, 0.25) is 0 Å². The van der Waals surface area contributed by atoms with E-state index in [1.54, 1.807) is 14.2 Å². The largest absolute Gasteiger partial charge is 0.497 e. The number of aliphatic hydroxyl groups is 1. The maximum Gasteiger partial charge on any atom is 0.122 e. The summed E-state index contributed by atoms with van der Waals surface area (Å²) < 4.78 is 10.6. The molecule has 3 heteroatoms. The van der Waals surface area contributed by atoms with Crippen LogP contribution in [0.15, 0.2) is 18.2 Å². The topological polar surface area (TPSA) is 38.7 Å². The molecule has 1 aromatic rings. The first kappa shape index (κ1) is 13.2. The van der Waals surface area contributed by atoms with Crippen LogP contribution in [-0.4, -0.2) is 25.4 Å². The van der Waals surface area contributed by atoms with Crippen molar-refractivity contribution in [1.82, 2.24) is 0 Å². The summed E-state index contributed by atoms with van der Waals surface area (Å²) in [7, 11) is 3.33. The molecule has 18 heavy (non-hydrogen) atoms. The quantitative estimate of drug-likeness (QED) is 0.838. The van der Waals surface area contributed by atoms with Crippen LogP contribution in [0, 0.1) is 0 Å². The predicted molar refractivity (Wildman–Crippen MR) is 71.4 cm³/mol. The van der Waals surface area contributed by atoms with Crippen LogP contribution >= 0.6 is 0 Å². The molecular weight excluding hydrogens is 228 g/mol. The van der Waals surface area contributed by atoms with Gasteiger partial charge in [-0.25, -0.2) is 0 Å². The van der Waals surface area contributed by atoms with Crippen LogP contribution in [0.2, 0.25) is 0 Å². The molecule has 3 nitrogen and oxygen atoms in total. The van der Waals surface area contributed by atoms with Crippen LogP contribution in [0.1, 0.15) is 43.6 Å². The first-order valence-electron chi connectivity index (χ1n) is 6.64. The van der Waals surface area contributed by atoms with Crippen LogP contribution in [0.5, 0.6) is 11.5 Å². The monoisotopic (exact) mass is 250 g/mol. The lowest BCUT2D eigenvalue weighted by Gasteiger charge is -2.18. The molecule has 0 saturated heterocycles. The Labute approximate surface area is 109 Å². The minimum atomic E-state index is -0.172. The molecular formula is C15H22O3. The summed E-state index contributed by atoms with van der Waals surface area (Å²) in [6, 6.07) is 6.01. The lowest BCUT2D eigenvalue weighted by molar-refractivity contribution is 0.152. The van der Waals surface area contributed by atoms with Gasteiger partial charge in [0, 0.05) is 6.07 Å². The summed E-state index contributed by atoms with van der Waals surface area (Å²) in [5.74, 6) is 2.05. The number of aliphatic hydroxyl groups excluding tert-OH is 1. The Morgan fingerprint density at radius 2 is 1.61 bits per heavy atom. The molecule has 1 fully saturated rings. The molecule has 0 aliphatic heterocycles. The van der Waals surface area contributed by atoms with Crippen molar-refractivity contribution in [3.8, 4) is 11.5 Å². The second-order valence-electron chi connectivity index (χ2n) is 5.02. The van der Waals surface area contributed by atoms with Gasteiger partial charge in [-0.1, -0.05) is 12.8 Å². The molecule has 0 aromatic heterocycles. The van der Waals surface area contributed by atoms with Gasteiger partial charge in [0.1, 0.15) is 11.5 Å². The maximum absolute atomic E-state index is 9.91. The van der Waals surface area contributed by atoms with Crippen LogP contribution in [0.25, 0.3) is 0 Å². The molecule has 0 radical (unpaired) electrons. The van der Waals surface area contributed by atoms with Crippen molar-refractivity contribution in [2.75, 3.05) is 14.2 Å². The van der Waals surface area contributed by atoms with E-state index in [-0.39, 0.29) is 6.10 Å². The van der Waals surface area contributed by atoms with Crippen molar-refractivity contribution >= 4 is 0 Å². The molecule has 2 unspecified atom stereocenters. The zero-order valence-corrected chi connectivity index (χ0v) is 11.2. The highest BCUT2D eigenvalue weighted by Crippen LogP contribution is 2.35. The zero-order chi connectivity index (χ0) is 13.0. The van der Waals surface area contributed by atoms with E-state index in [4.69, 9.17) is 9.47 Å². The summed E-state index contributed by atoms with van der Waals surface area (Å²) >= 11 is 0. The summed E-state index contributed by atoms with van der Waals surface area (Å²) in [6.07, 6.45) is 5.04. The average molecular weight is 250 g/mol. The van der Waals surface area contributed by atoms with Crippen molar-refractivity contribution in [2.45, 2.75) is 44.1 Å². The van der Waals surface area contributed by atoms with Gasteiger partial charge in [0.25, 0.3) is 0 Å². The normalized spacial score (nSPS) is 24.4. The Morgan fingerprint density at radius 3 is 2.22 bits per heavy atom. The van der Waals surface area contributed by atoms with E-state index in [1.165, 1.54) is 12.0 Å². The summed E-state index contributed by atoms with van der Waals surface area (Å²) in [5, 5.41) is 9.91. The minimum Gasteiger partial charge on any atom is -0.497 e. The fourth-order valence-electron chi connectivity index (χ4n) is 2.70. The lowest BCUT2D eigenvalue weighted by Crippen LogP contribution is -2.09. The molecule has 100 valence electrons. The molecule has 2 atom stereocenters. The van der Waals surface area contributed by atoms with Crippen molar-refractivity contribution in [3.63, 3.8) is 0 Å². The van der Waals surface area contributed by atoms with Gasteiger partial charge in [-0.3, -0.25) is 0 Å². The third-order valence-corrected chi connectivity index (χ3v) is 3.74. The first-order chi connectivity index (χ1) is 8.72. The van der Waals surface area contributed by atoms with E-state index in [1.807, 2.05) is 6.07 Å². The molecule has 0 spiro atoms. The fraction of sp³-hybridized carbons (Fsp3) is 0.600. The average Bonchev–Trinajstić information content (AvgIpc) is 2.62. The molecule has 1 saturated carbocycles. The van der Waals surface area contributed by atoms with Crippen molar-refractivity contribution in [2.24, 2.45) is 0 Å². The van der Waals surface area contributed by atoms with E-state index in [9.17, 15) is 5.11 Å². The smallest absolute Gasteiger partial charge is 0.122 e. The number of ether oxygens (including phenoxy) is 2. The standard InChI is InChI=1S/C15H22O3/c1-17-14-8-12(9-15(10-14)18-2)11-5-3-4-6-13(16)7-11/h8-11,13,16H,3-7H2,1-2H3. The number of methoxy groups -OCH3 is 2. The van der Waals surface area contributed by atoms with Gasteiger partial charge in [-0.05, 0) is 42.9 Å². The van der Waals surface area contributed by atoms with Crippen LogP contribution < -0.4 is 9.47 Å². The maximum atomic E-state index is 9.91. The Morgan fingerprint density at radius 1 is 1.00 bits per heavy atom.